The van der Waals surface area contributed by atoms with Gasteiger partial charge in [-0.25, -0.2) is 4.79 Å². The van der Waals surface area contributed by atoms with Crippen LogP contribution in [0.25, 0.3) is 0 Å². The summed E-state index contributed by atoms with van der Waals surface area (Å²) in [6, 6.07) is 10.4. The molecule has 2 amide bonds. The van der Waals surface area contributed by atoms with Gasteiger partial charge in [-0.3, -0.25) is 0 Å². The summed E-state index contributed by atoms with van der Waals surface area (Å²) < 4.78 is 5.68. The molecule has 1 saturated heterocycles. The van der Waals surface area contributed by atoms with Crippen LogP contribution in [0, 0.1) is 0 Å². The van der Waals surface area contributed by atoms with Crippen LogP contribution in [0.4, 0.5) is 4.79 Å². The van der Waals surface area contributed by atoms with Crippen molar-refractivity contribution in [3.8, 4) is 5.75 Å². The second kappa shape index (κ2) is 6.24. The van der Waals surface area contributed by atoms with Gasteiger partial charge in [0.1, 0.15) is 5.75 Å². The largest absolute Gasteiger partial charge is 0.493 e. The molecule has 2 aliphatic rings. The van der Waals surface area contributed by atoms with Crippen LogP contribution in [-0.2, 0) is 0 Å². The zero-order valence-electron chi connectivity index (χ0n) is 12.9. The molecule has 1 N–H and O–H groups in total. The van der Waals surface area contributed by atoms with Gasteiger partial charge < -0.3 is 15.0 Å². The van der Waals surface area contributed by atoms with E-state index in [0.29, 0.717) is 6.61 Å². The molecule has 120 valence electrons. The van der Waals surface area contributed by atoms with Crippen molar-refractivity contribution in [1.29, 1.82) is 0 Å². The highest BCUT2D eigenvalue weighted by Gasteiger charge is 2.32. The Morgan fingerprint density at radius 2 is 2.17 bits per heavy atom. The van der Waals surface area contributed by atoms with Gasteiger partial charge >= 0.3 is 6.03 Å². The molecule has 0 unspecified atom stereocenters. The number of rotatable bonds is 2. The van der Waals surface area contributed by atoms with Crippen LogP contribution in [-0.4, -0.2) is 24.1 Å². The van der Waals surface area contributed by atoms with Crippen LogP contribution >= 0.6 is 11.3 Å². The molecule has 0 radical (unpaired) electrons. The predicted molar refractivity (Wildman–Crippen MR) is 90.8 cm³/mol. The molecule has 2 aliphatic heterocycles. The number of benzene rings is 1. The lowest BCUT2D eigenvalue weighted by Crippen LogP contribution is -2.42. The number of fused-ring (bicyclic) bond motifs is 1. The SMILES string of the molecule is O=C(N[C@H]1CCOc2ccccc21)N1CCC[C@H]1c1ccsc1. The number of nitrogens with one attached hydrogen (secondary N) is 1. The zero-order chi connectivity index (χ0) is 15.6. The van der Waals surface area contributed by atoms with E-state index in [1.165, 1.54) is 5.56 Å². The number of para-hydroxylation sites is 1. The molecule has 1 fully saturated rings. The minimum atomic E-state index is 0.0381. The molecule has 5 heteroatoms. The molecular formula is C18H20N2O2S. The summed E-state index contributed by atoms with van der Waals surface area (Å²) in [5, 5.41) is 7.45. The van der Waals surface area contributed by atoms with Crippen molar-refractivity contribution in [2.75, 3.05) is 13.2 Å². The van der Waals surface area contributed by atoms with Crippen molar-refractivity contribution in [1.82, 2.24) is 10.2 Å². The third-order valence-corrected chi connectivity index (χ3v) is 5.40. The minimum Gasteiger partial charge on any atom is -0.493 e. The van der Waals surface area contributed by atoms with Gasteiger partial charge in [0, 0.05) is 18.5 Å². The molecule has 1 aromatic carbocycles. The fraction of sp³-hybridized carbons (Fsp3) is 0.389. The van der Waals surface area contributed by atoms with Crippen molar-refractivity contribution < 1.29 is 9.53 Å². The minimum absolute atomic E-state index is 0.0381. The van der Waals surface area contributed by atoms with E-state index in [-0.39, 0.29) is 18.1 Å². The molecule has 23 heavy (non-hydrogen) atoms. The molecule has 0 spiro atoms. The number of urea groups is 1. The summed E-state index contributed by atoms with van der Waals surface area (Å²) in [7, 11) is 0. The first-order valence-electron chi connectivity index (χ1n) is 8.14. The average molecular weight is 328 g/mol. The van der Waals surface area contributed by atoms with E-state index >= 15 is 0 Å². The monoisotopic (exact) mass is 328 g/mol. The van der Waals surface area contributed by atoms with Gasteiger partial charge in [0.25, 0.3) is 0 Å². The predicted octanol–water partition coefficient (Wildman–Crippen LogP) is 4.12. The highest BCUT2D eigenvalue weighted by molar-refractivity contribution is 7.07. The summed E-state index contributed by atoms with van der Waals surface area (Å²) in [4.78, 5) is 14.8. The number of hydrogen-bond donors (Lipinski definition) is 1. The maximum atomic E-state index is 12.8. The molecule has 4 nitrogen and oxygen atoms in total. The lowest BCUT2D eigenvalue weighted by atomic mass is 10.0. The normalized spacial score (nSPS) is 23.2. The van der Waals surface area contributed by atoms with Crippen molar-refractivity contribution in [2.45, 2.75) is 31.3 Å². The highest BCUT2D eigenvalue weighted by atomic mass is 32.1. The Labute approximate surface area is 140 Å². The van der Waals surface area contributed by atoms with Crippen molar-refractivity contribution in [3.05, 3.63) is 52.2 Å². The summed E-state index contributed by atoms with van der Waals surface area (Å²) >= 11 is 1.69. The maximum absolute atomic E-state index is 12.8. The van der Waals surface area contributed by atoms with Gasteiger partial charge in [-0.1, -0.05) is 18.2 Å². The molecular weight excluding hydrogens is 308 g/mol. The quantitative estimate of drug-likeness (QED) is 0.901. The lowest BCUT2D eigenvalue weighted by molar-refractivity contribution is 0.182. The Hall–Kier alpha value is -2.01. The maximum Gasteiger partial charge on any atom is 0.318 e. The van der Waals surface area contributed by atoms with Gasteiger partial charge in [-0.15, -0.1) is 0 Å². The van der Waals surface area contributed by atoms with Crippen molar-refractivity contribution in [3.63, 3.8) is 0 Å². The standard InChI is InChI=1S/C18H20N2O2S/c21-18(20-9-3-5-16(20)13-8-11-23-12-13)19-15-7-10-22-17-6-2-1-4-14(15)17/h1-2,4,6,8,11-12,15-16H,3,5,7,9-10H2,(H,19,21)/t15-,16-/m0/s1. The first-order chi connectivity index (χ1) is 11.3. The van der Waals surface area contributed by atoms with E-state index in [1.807, 2.05) is 29.2 Å². The number of carbonyl (C=O) groups is 1. The van der Waals surface area contributed by atoms with Gasteiger partial charge in [-0.2, -0.15) is 11.3 Å². The summed E-state index contributed by atoms with van der Waals surface area (Å²) in [6.07, 6.45) is 2.94. The third kappa shape index (κ3) is 2.81. The first-order valence-corrected chi connectivity index (χ1v) is 9.08. The van der Waals surface area contributed by atoms with Gasteiger partial charge in [0.05, 0.1) is 18.7 Å². The smallest absolute Gasteiger partial charge is 0.318 e. The Bertz CT molecular complexity index is 686. The average Bonchev–Trinajstić information content (AvgIpc) is 3.26. The van der Waals surface area contributed by atoms with E-state index in [9.17, 15) is 4.79 Å². The van der Waals surface area contributed by atoms with E-state index in [2.05, 4.69) is 22.1 Å². The van der Waals surface area contributed by atoms with Gasteiger partial charge in [0.15, 0.2) is 0 Å². The number of nitrogens with zero attached hydrogens (tertiary/aromatic N) is 1. The van der Waals surface area contributed by atoms with Crippen LogP contribution in [0.3, 0.4) is 0 Å². The Balaban J connectivity index is 1.50. The lowest BCUT2D eigenvalue weighted by Gasteiger charge is -2.30. The summed E-state index contributed by atoms with van der Waals surface area (Å²) in [6.45, 7) is 1.48. The molecule has 0 bridgehead atoms. The van der Waals surface area contributed by atoms with Gasteiger partial charge in [-0.05, 0) is 41.3 Å². The number of carbonyl (C=O) groups excluding carboxylic acids is 1. The molecule has 4 rings (SSSR count). The summed E-state index contributed by atoms with van der Waals surface area (Å²) in [5.74, 6) is 0.889. The summed E-state index contributed by atoms with van der Waals surface area (Å²) in [5.41, 5.74) is 2.34. The van der Waals surface area contributed by atoms with Crippen LogP contribution in [0.5, 0.6) is 5.75 Å². The first kappa shape index (κ1) is 14.6. The molecule has 3 heterocycles. The van der Waals surface area contributed by atoms with E-state index in [1.54, 1.807) is 11.3 Å². The Kier molecular flexibility index (Phi) is 3.95. The fourth-order valence-corrected chi connectivity index (χ4v) is 4.25. The topological polar surface area (TPSA) is 41.6 Å². The highest BCUT2D eigenvalue weighted by Crippen LogP contribution is 2.35. The molecule has 0 aliphatic carbocycles. The number of likely N-dealkylation sites (tertiary alicyclic amines) is 1. The van der Waals surface area contributed by atoms with E-state index < -0.39 is 0 Å². The molecule has 0 saturated carbocycles. The molecule has 2 atom stereocenters. The van der Waals surface area contributed by atoms with Gasteiger partial charge in [0.2, 0.25) is 0 Å². The van der Waals surface area contributed by atoms with Crippen molar-refractivity contribution >= 4 is 17.4 Å². The molecule has 2 aromatic rings. The third-order valence-electron chi connectivity index (χ3n) is 4.70. The van der Waals surface area contributed by atoms with Crippen molar-refractivity contribution in [2.24, 2.45) is 0 Å². The second-order valence-electron chi connectivity index (χ2n) is 6.09. The van der Waals surface area contributed by atoms with Crippen LogP contribution in [0.15, 0.2) is 41.1 Å². The van der Waals surface area contributed by atoms with E-state index in [4.69, 9.17) is 4.74 Å². The number of ether oxygens (including phenoxy) is 1. The fourth-order valence-electron chi connectivity index (χ4n) is 3.54. The zero-order valence-corrected chi connectivity index (χ0v) is 13.7. The van der Waals surface area contributed by atoms with Crippen LogP contribution in [0.1, 0.15) is 42.5 Å². The second-order valence-corrected chi connectivity index (χ2v) is 6.87. The number of hydrogen-bond acceptors (Lipinski definition) is 3. The number of thiophene rings is 1. The van der Waals surface area contributed by atoms with Crippen LogP contribution < -0.4 is 10.1 Å². The Morgan fingerprint density at radius 3 is 3.04 bits per heavy atom. The Morgan fingerprint density at radius 1 is 1.26 bits per heavy atom. The van der Waals surface area contributed by atoms with E-state index in [0.717, 1.165) is 37.1 Å². The molecule has 1 aromatic heterocycles. The van der Waals surface area contributed by atoms with Crippen LogP contribution in [0.2, 0.25) is 0 Å². The number of amides is 2.